The Kier molecular flexibility index (Phi) is 5.13. The Bertz CT molecular complexity index is 388. The Morgan fingerprint density at radius 3 is 2.81 bits per heavy atom. The van der Waals surface area contributed by atoms with Gasteiger partial charge in [-0.3, -0.25) is 0 Å². The molecule has 1 heteroatoms. The van der Waals surface area contributed by atoms with Crippen molar-refractivity contribution < 1.29 is 4.74 Å². The molecule has 0 aliphatic carbocycles. The van der Waals surface area contributed by atoms with Gasteiger partial charge in [-0.2, -0.15) is 0 Å². The fraction of sp³-hybridized carbons (Fsp3) is 0.200. The summed E-state index contributed by atoms with van der Waals surface area (Å²) in [5.41, 5.74) is 2.31. The third-order valence-corrected chi connectivity index (χ3v) is 2.31. The van der Waals surface area contributed by atoms with Gasteiger partial charge in [0.15, 0.2) is 0 Å². The van der Waals surface area contributed by atoms with E-state index in [4.69, 9.17) is 4.74 Å². The molecule has 84 valence electrons. The number of ether oxygens (including phenoxy) is 1. The predicted octanol–water partition coefficient (Wildman–Crippen LogP) is 3.93. The van der Waals surface area contributed by atoms with Gasteiger partial charge in [-0.25, -0.2) is 0 Å². The molecule has 0 atom stereocenters. The molecule has 0 amide bonds. The van der Waals surface area contributed by atoms with Gasteiger partial charge in [-0.1, -0.05) is 50.4 Å². The number of hydrogen-bond donors (Lipinski definition) is 0. The minimum atomic E-state index is 0.530. The molecule has 0 saturated heterocycles. The number of benzene rings is 1. The Morgan fingerprint density at radius 2 is 2.19 bits per heavy atom. The summed E-state index contributed by atoms with van der Waals surface area (Å²) in [6.45, 7) is 10.0. The molecular weight excluding hydrogens is 196 g/mol. The molecule has 0 N–H and O–H groups in total. The van der Waals surface area contributed by atoms with Gasteiger partial charge in [0.2, 0.25) is 0 Å². The highest BCUT2D eigenvalue weighted by Crippen LogP contribution is 2.14. The van der Waals surface area contributed by atoms with Crippen LogP contribution in [0, 0.1) is 0 Å². The fourth-order valence-corrected chi connectivity index (χ4v) is 1.35. The van der Waals surface area contributed by atoms with Crippen LogP contribution < -0.4 is 4.74 Å². The summed E-state index contributed by atoms with van der Waals surface area (Å²) >= 11 is 0. The van der Waals surface area contributed by atoms with Crippen molar-refractivity contribution in [2.24, 2.45) is 0 Å². The molecule has 0 heterocycles. The van der Waals surface area contributed by atoms with E-state index in [2.05, 4.69) is 32.2 Å². The quantitative estimate of drug-likeness (QED) is 0.652. The topological polar surface area (TPSA) is 9.23 Å². The summed E-state index contributed by atoms with van der Waals surface area (Å²) in [6.07, 6.45) is 6.44. The minimum Gasteiger partial charge on any atom is -0.489 e. The Morgan fingerprint density at radius 1 is 1.38 bits per heavy atom. The molecule has 0 aromatic heterocycles. The summed E-state index contributed by atoms with van der Waals surface area (Å²) in [7, 11) is 0. The molecule has 0 aliphatic heterocycles. The van der Waals surface area contributed by atoms with Crippen molar-refractivity contribution in [3.8, 4) is 5.75 Å². The summed E-state index contributed by atoms with van der Waals surface area (Å²) in [5, 5.41) is 0. The van der Waals surface area contributed by atoms with E-state index in [0.717, 1.165) is 17.7 Å². The van der Waals surface area contributed by atoms with Crippen molar-refractivity contribution >= 4 is 0 Å². The first-order valence-electron chi connectivity index (χ1n) is 5.46. The van der Waals surface area contributed by atoms with Gasteiger partial charge in [0.25, 0.3) is 0 Å². The Labute approximate surface area is 97.8 Å². The van der Waals surface area contributed by atoms with Crippen LogP contribution in [0.1, 0.15) is 12.5 Å². The zero-order valence-electron chi connectivity index (χ0n) is 9.78. The molecule has 0 unspecified atom stereocenters. The van der Waals surface area contributed by atoms with Crippen molar-refractivity contribution in [3.05, 3.63) is 66.8 Å². The van der Waals surface area contributed by atoms with Gasteiger partial charge in [-0.15, -0.1) is 0 Å². The second-order valence-corrected chi connectivity index (χ2v) is 3.47. The first kappa shape index (κ1) is 12.3. The average molecular weight is 214 g/mol. The SMILES string of the molecule is C=C/C=C(\C=C)COc1cccc(CC)c1. The molecule has 0 aliphatic rings. The summed E-state index contributed by atoms with van der Waals surface area (Å²) < 4.78 is 5.67. The van der Waals surface area contributed by atoms with Gasteiger partial charge < -0.3 is 4.74 Å². The Balaban J connectivity index is 2.63. The second kappa shape index (κ2) is 6.67. The van der Waals surface area contributed by atoms with Crippen molar-refractivity contribution in [1.29, 1.82) is 0 Å². The van der Waals surface area contributed by atoms with E-state index in [-0.39, 0.29) is 0 Å². The molecular formula is C15H18O. The molecule has 1 aromatic rings. The molecule has 1 nitrogen and oxygen atoms in total. The standard InChI is InChI=1S/C15H18O/c1-4-8-14(6-3)12-16-15-10-7-9-13(5-2)11-15/h4,6-11H,1,3,5,12H2,2H3/b14-8+. The molecule has 0 fully saturated rings. The maximum atomic E-state index is 5.67. The van der Waals surface area contributed by atoms with Gasteiger partial charge in [0, 0.05) is 0 Å². The highest BCUT2D eigenvalue weighted by Gasteiger charge is 1.96. The maximum absolute atomic E-state index is 5.67. The number of allylic oxidation sites excluding steroid dienone is 2. The van der Waals surface area contributed by atoms with Crippen LogP contribution in [0.3, 0.4) is 0 Å². The van der Waals surface area contributed by atoms with Gasteiger partial charge in [0.05, 0.1) is 0 Å². The van der Waals surface area contributed by atoms with Crippen molar-refractivity contribution in [2.75, 3.05) is 6.61 Å². The number of rotatable bonds is 6. The van der Waals surface area contributed by atoms with Crippen LogP contribution in [0.25, 0.3) is 0 Å². The van der Waals surface area contributed by atoms with Gasteiger partial charge in [-0.05, 0) is 29.7 Å². The number of hydrogen-bond acceptors (Lipinski definition) is 1. The summed E-state index contributed by atoms with van der Waals surface area (Å²) in [5.74, 6) is 0.899. The molecule has 16 heavy (non-hydrogen) atoms. The number of aryl methyl sites for hydroxylation is 1. The first-order chi connectivity index (χ1) is 7.80. The average Bonchev–Trinajstić information content (AvgIpc) is 2.34. The van der Waals surface area contributed by atoms with Crippen LogP contribution in [0.2, 0.25) is 0 Å². The van der Waals surface area contributed by atoms with Crippen LogP contribution in [0.15, 0.2) is 61.2 Å². The molecule has 1 aromatic carbocycles. The molecule has 0 bridgehead atoms. The van der Waals surface area contributed by atoms with E-state index >= 15 is 0 Å². The lowest BCUT2D eigenvalue weighted by molar-refractivity contribution is 0.355. The highest BCUT2D eigenvalue weighted by molar-refractivity contribution is 5.30. The molecule has 0 saturated carbocycles. The normalized spacial score (nSPS) is 10.9. The van der Waals surface area contributed by atoms with Crippen LogP contribution >= 0.6 is 0 Å². The van der Waals surface area contributed by atoms with Crippen LogP contribution in [0.5, 0.6) is 5.75 Å². The van der Waals surface area contributed by atoms with E-state index in [1.54, 1.807) is 12.2 Å². The van der Waals surface area contributed by atoms with Gasteiger partial charge in [0.1, 0.15) is 12.4 Å². The first-order valence-corrected chi connectivity index (χ1v) is 5.46. The van der Waals surface area contributed by atoms with E-state index in [9.17, 15) is 0 Å². The smallest absolute Gasteiger partial charge is 0.120 e. The zero-order valence-corrected chi connectivity index (χ0v) is 9.78. The van der Waals surface area contributed by atoms with Crippen LogP contribution in [-0.2, 0) is 6.42 Å². The Hall–Kier alpha value is -1.76. The largest absolute Gasteiger partial charge is 0.489 e. The van der Waals surface area contributed by atoms with E-state index < -0.39 is 0 Å². The summed E-state index contributed by atoms with van der Waals surface area (Å²) in [6, 6.07) is 8.14. The maximum Gasteiger partial charge on any atom is 0.120 e. The zero-order chi connectivity index (χ0) is 11.8. The monoisotopic (exact) mass is 214 g/mol. The minimum absolute atomic E-state index is 0.530. The predicted molar refractivity (Wildman–Crippen MR) is 69.8 cm³/mol. The van der Waals surface area contributed by atoms with Crippen molar-refractivity contribution in [1.82, 2.24) is 0 Å². The molecule has 1 rings (SSSR count). The molecule has 0 spiro atoms. The van der Waals surface area contributed by atoms with E-state index in [1.165, 1.54) is 5.56 Å². The van der Waals surface area contributed by atoms with E-state index in [0.29, 0.717) is 6.61 Å². The lowest BCUT2D eigenvalue weighted by Gasteiger charge is -2.07. The highest BCUT2D eigenvalue weighted by atomic mass is 16.5. The van der Waals surface area contributed by atoms with E-state index in [1.807, 2.05) is 18.2 Å². The lowest BCUT2D eigenvalue weighted by atomic mass is 10.2. The van der Waals surface area contributed by atoms with Crippen molar-refractivity contribution in [2.45, 2.75) is 13.3 Å². The third-order valence-electron chi connectivity index (χ3n) is 2.31. The third kappa shape index (κ3) is 3.77. The lowest BCUT2D eigenvalue weighted by Crippen LogP contribution is -1.99. The second-order valence-electron chi connectivity index (χ2n) is 3.47. The van der Waals surface area contributed by atoms with Crippen LogP contribution in [0.4, 0.5) is 0 Å². The van der Waals surface area contributed by atoms with Crippen LogP contribution in [-0.4, -0.2) is 6.61 Å². The molecule has 0 radical (unpaired) electrons. The van der Waals surface area contributed by atoms with Crippen molar-refractivity contribution in [3.63, 3.8) is 0 Å². The summed E-state index contributed by atoms with van der Waals surface area (Å²) in [4.78, 5) is 0. The van der Waals surface area contributed by atoms with Gasteiger partial charge >= 0.3 is 0 Å². The fourth-order valence-electron chi connectivity index (χ4n) is 1.35.